The molecule has 21 heavy (non-hydrogen) atoms. The van der Waals surface area contributed by atoms with E-state index in [2.05, 4.69) is 12.2 Å². The third-order valence-electron chi connectivity index (χ3n) is 4.05. The third-order valence-corrected chi connectivity index (χ3v) is 4.05. The molecule has 1 atom stereocenters. The molecule has 128 valence electrons. The second kappa shape index (κ2) is 16.2. The number of ether oxygens (including phenoxy) is 2. The summed E-state index contributed by atoms with van der Waals surface area (Å²) in [4.78, 5) is 0. The van der Waals surface area contributed by atoms with Crippen LogP contribution in [0.25, 0.3) is 0 Å². The lowest BCUT2D eigenvalue weighted by molar-refractivity contribution is -0.115. The van der Waals surface area contributed by atoms with Gasteiger partial charge in [0.15, 0.2) is 6.29 Å². The highest BCUT2D eigenvalue weighted by atomic mass is 16.7. The Morgan fingerprint density at radius 3 is 2.19 bits per heavy atom. The van der Waals surface area contributed by atoms with Crippen molar-refractivity contribution in [3.05, 3.63) is 0 Å². The van der Waals surface area contributed by atoms with Crippen LogP contribution in [0.1, 0.15) is 64.7 Å². The Bertz CT molecular complexity index is 185. The molecule has 1 unspecified atom stereocenters. The summed E-state index contributed by atoms with van der Waals surface area (Å²) >= 11 is 0. The molecule has 0 saturated carbocycles. The van der Waals surface area contributed by atoms with E-state index in [1.165, 1.54) is 51.4 Å². The maximum Gasteiger partial charge on any atom is 0.157 e. The van der Waals surface area contributed by atoms with Crippen molar-refractivity contribution in [2.24, 2.45) is 11.7 Å². The number of nitrogens with one attached hydrogen (secondary N) is 1. The topological polar surface area (TPSA) is 56.5 Å². The van der Waals surface area contributed by atoms with Gasteiger partial charge in [-0.3, -0.25) is 0 Å². The van der Waals surface area contributed by atoms with Crippen LogP contribution in [-0.4, -0.2) is 40.1 Å². The summed E-state index contributed by atoms with van der Waals surface area (Å²) in [6, 6.07) is 0. The number of hydrogen-bond donors (Lipinski definition) is 2. The smallest absolute Gasteiger partial charge is 0.157 e. The van der Waals surface area contributed by atoms with Gasteiger partial charge in [0, 0.05) is 33.7 Å². The molecule has 0 aromatic carbocycles. The van der Waals surface area contributed by atoms with Crippen LogP contribution in [0, 0.1) is 5.92 Å². The first-order valence-corrected chi connectivity index (χ1v) is 8.74. The van der Waals surface area contributed by atoms with Crippen molar-refractivity contribution in [2.45, 2.75) is 71.0 Å². The molecule has 0 bridgehead atoms. The van der Waals surface area contributed by atoms with Crippen molar-refractivity contribution in [2.75, 3.05) is 33.9 Å². The maximum atomic E-state index is 5.48. The van der Waals surface area contributed by atoms with E-state index in [4.69, 9.17) is 15.2 Å². The van der Waals surface area contributed by atoms with Gasteiger partial charge in [0.1, 0.15) is 0 Å². The summed E-state index contributed by atoms with van der Waals surface area (Å²) in [7, 11) is 3.46. The Balaban J connectivity index is 3.90. The van der Waals surface area contributed by atoms with Crippen LogP contribution in [0.3, 0.4) is 0 Å². The minimum Gasteiger partial charge on any atom is -0.356 e. The number of hydrogen-bond acceptors (Lipinski definition) is 4. The molecule has 0 aliphatic carbocycles. The minimum atomic E-state index is -0.0531. The minimum absolute atomic E-state index is 0.0531. The summed E-state index contributed by atoms with van der Waals surface area (Å²) in [6.45, 7) is 4.96. The summed E-state index contributed by atoms with van der Waals surface area (Å²) in [5, 5.41) is 3.37. The molecule has 0 aliphatic heterocycles. The lowest BCUT2D eigenvalue weighted by Gasteiger charge is -2.22. The standard InChI is InChI=1S/C17H38N2O2/c1-4-5-6-7-8-10-16(15-17(20-2)21-3)11-9-13-19-14-12-18/h16-17,19H,4-15,18H2,1-3H3. The first-order valence-electron chi connectivity index (χ1n) is 8.74. The fraction of sp³-hybridized carbons (Fsp3) is 1.00. The quantitative estimate of drug-likeness (QED) is 0.339. The van der Waals surface area contributed by atoms with Crippen LogP contribution in [0.5, 0.6) is 0 Å². The molecule has 0 fully saturated rings. The van der Waals surface area contributed by atoms with E-state index < -0.39 is 0 Å². The summed E-state index contributed by atoms with van der Waals surface area (Å²) in [6.07, 6.45) is 11.5. The van der Waals surface area contributed by atoms with E-state index in [1.807, 2.05) is 0 Å². The molecule has 0 aliphatic rings. The second-order valence-electron chi connectivity index (χ2n) is 5.89. The van der Waals surface area contributed by atoms with Crippen molar-refractivity contribution in [3.63, 3.8) is 0 Å². The van der Waals surface area contributed by atoms with E-state index >= 15 is 0 Å². The van der Waals surface area contributed by atoms with Crippen LogP contribution in [0.15, 0.2) is 0 Å². The van der Waals surface area contributed by atoms with Gasteiger partial charge in [-0.1, -0.05) is 45.4 Å². The number of methoxy groups -OCH3 is 2. The summed E-state index contributed by atoms with van der Waals surface area (Å²) in [5.74, 6) is 0.705. The molecule has 0 heterocycles. The Morgan fingerprint density at radius 1 is 0.905 bits per heavy atom. The number of nitrogens with two attached hydrogens (primary N) is 1. The van der Waals surface area contributed by atoms with Gasteiger partial charge in [0.2, 0.25) is 0 Å². The third kappa shape index (κ3) is 13.2. The Morgan fingerprint density at radius 2 is 1.57 bits per heavy atom. The molecule has 3 N–H and O–H groups in total. The van der Waals surface area contributed by atoms with Crippen molar-refractivity contribution in [1.82, 2.24) is 5.32 Å². The summed E-state index contributed by atoms with van der Waals surface area (Å²) in [5.41, 5.74) is 5.48. The second-order valence-corrected chi connectivity index (χ2v) is 5.89. The van der Waals surface area contributed by atoms with Crippen molar-refractivity contribution in [3.8, 4) is 0 Å². The normalized spacial score (nSPS) is 13.0. The van der Waals surface area contributed by atoms with E-state index in [0.29, 0.717) is 5.92 Å². The van der Waals surface area contributed by atoms with Crippen LogP contribution in [0.2, 0.25) is 0 Å². The largest absolute Gasteiger partial charge is 0.356 e. The Labute approximate surface area is 132 Å². The van der Waals surface area contributed by atoms with Crippen LogP contribution < -0.4 is 11.1 Å². The zero-order chi connectivity index (χ0) is 15.8. The first kappa shape index (κ1) is 20.8. The van der Waals surface area contributed by atoms with Gasteiger partial charge in [0.05, 0.1) is 0 Å². The Kier molecular flexibility index (Phi) is 16.1. The van der Waals surface area contributed by atoms with Crippen molar-refractivity contribution >= 4 is 0 Å². The van der Waals surface area contributed by atoms with E-state index in [-0.39, 0.29) is 6.29 Å². The average Bonchev–Trinajstić information content (AvgIpc) is 2.51. The summed E-state index contributed by atoms with van der Waals surface area (Å²) < 4.78 is 10.7. The molecule has 4 nitrogen and oxygen atoms in total. The highest BCUT2D eigenvalue weighted by Crippen LogP contribution is 2.22. The Hall–Kier alpha value is -0.160. The lowest BCUT2D eigenvalue weighted by atomic mass is 9.92. The fourth-order valence-electron chi connectivity index (χ4n) is 2.72. The van der Waals surface area contributed by atoms with E-state index in [1.54, 1.807) is 14.2 Å². The van der Waals surface area contributed by atoms with Gasteiger partial charge in [-0.15, -0.1) is 0 Å². The molecule has 0 amide bonds. The molecular weight excluding hydrogens is 264 g/mol. The highest BCUT2D eigenvalue weighted by Gasteiger charge is 2.15. The van der Waals surface area contributed by atoms with Gasteiger partial charge >= 0.3 is 0 Å². The molecule has 0 rings (SSSR count). The first-order chi connectivity index (χ1) is 10.3. The van der Waals surface area contributed by atoms with Crippen LogP contribution in [0.4, 0.5) is 0 Å². The SMILES string of the molecule is CCCCCCCC(CCCNCCN)CC(OC)OC. The van der Waals surface area contributed by atoms with Crippen molar-refractivity contribution < 1.29 is 9.47 Å². The van der Waals surface area contributed by atoms with Gasteiger partial charge in [0.25, 0.3) is 0 Å². The van der Waals surface area contributed by atoms with Crippen LogP contribution >= 0.6 is 0 Å². The highest BCUT2D eigenvalue weighted by molar-refractivity contribution is 4.64. The molecule has 4 heteroatoms. The van der Waals surface area contributed by atoms with E-state index in [9.17, 15) is 0 Å². The molecule has 0 radical (unpaired) electrons. The molecule has 0 aromatic heterocycles. The fourth-order valence-corrected chi connectivity index (χ4v) is 2.72. The monoisotopic (exact) mass is 302 g/mol. The molecule has 0 aromatic rings. The van der Waals surface area contributed by atoms with Crippen LogP contribution in [-0.2, 0) is 9.47 Å². The van der Waals surface area contributed by atoms with Crippen molar-refractivity contribution in [1.29, 1.82) is 0 Å². The van der Waals surface area contributed by atoms with Gasteiger partial charge < -0.3 is 20.5 Å². The molecular formula is C17H38N2O2. The zero-order valence-electron chi connectivity index (χ0n) is 14.5. The number of unbranched alkanes of at least 4 members (excludes halogenated alkanes) is 4. The number of rotatable bonds is 16. The molecule has 0 spiro atoms. The molecule has 0 saturated heterocycles. The maximum absolute atomic E-state index is 5.48. The zero-order valence-corrected chi connectivity index (χ0v) is 14.5. The predicted molar refractivity (Wildman–Crippen MR) is 90.4 cm³/mol. The lowest BCUT2D eigenvalue weighted by Crippen LogP contribution is -2.24. The van der Waals surface area contributed by atoms with Gasteiger partial charge in [-0.05, 0) is 25.3 Å². The average molecular weight is 303 g/mol. The van der Waals surface area contributed by atoms with E-state index in [0.717, 1.165) is 26.1 Å². The van der Waals surface area contributed by atoms with Gasteiger partial charge in [-0.2, -0.15) is 0 Å². The van der Waals surface area contributed by atoms with Gasteiger partial charge in [-0.25, -0.2) is 0 Å². The predicted octanol–water partition coefficient (Wildman–Crippen LogP) is 3.30.